The molecule has 0 aromatic carbocycles. The average molecular weight is 186 g/mol. The van der Waals surface area contributed by atoms with Crippen LogP contribution >= 0.6 is 0 Å². The van der Waals surface area contributed by atoms with Gasteiger partial charge in [0.1, 0.15) is 0 Å². The fourth-order valence-electron chi connectivity index (χ4n) is 1.63. The first kappa shape index (κ1) is 13.0. The molecule has 0 saturated heterocycles. The quantitative estimate of drug-likeness (QED) is 0.609. The van der Waals surface area contributed by atoms with E-state index in [2.05, 4.69) is 41.5 Å². The summed E-state index contributed by atoms with van der Waals surface area (Å²) in [5.74, 6) is 0.815. The molecule has 1 heteroatoms. The summed E-state index contributed by atoms with van der Waals surface area (Å²) >= 11 is 0. The molecule has 0 fully saturated rings. The average Bonchev–Trinajstić information content (AvgIpc) is 1.81. The van der Waals surface area contributed by atoms with Crippen LogP contribution in [0.25, 0.3) is 0 Å². The Balaban J connectivity index is 3.62. The van der Waals surface area contributed by atoms with E-state index in [1.54, 1.807) is 0 Å². The minimum Gasteiger partial charge on any atom is -0.373 e. The number of ether oxygens (including phenoxy) is 1. The van der Waals surface area contributed by atoms with Gasteiger partial charge in [0.2, 0.25) is 0 Å². The van der Waals surface area contributed by atoms with E-state index in [1.807, 2.05) is 0 Å². The Hall–Kier alpha value is -0.0400. The van der Waals surface area contributed by atoms with Crippen molar-refractivity contribution in [3.8, 4) is 0 Å². The van der Waals surface area contributed by atoms with Gasteiger partial charge in [-0.1, -0.05) is 26.7 Å². The Morgan fingerprint density at radius 2 is 1.62 bits per heavy atom. The van der Waals surface area contributed by atoms with E-state index in [9.17, 15) is 0 Å². The molecular formula is C12H26O. The minimum atomic E-state index is 0.0586. The van der Waals surface area contributed by atoms with Crippen molar-refractivity contribution in [1.29, 1.82) is 0 Å². The van der Waals surface area contributed by atoms with Crippen LogP contribution < -0.4 is 0 Å². The van der Waals surface area contributed by atoms with Crippen molar-refractivity contribution >= 4 is 0 Å². The van der Waals surface area contributed by atoms with Crippen molar-refractivity contribution in [2.24, 2.45) is 5.92 Å². The van der Waals surface area contributed by atoms with Crippen LogP contribution in [-0.4, -0.2) is 11.7 Å². The summed E-state index contributed by atoms with van der Waals surface area (Å²) in [5.41, 5.74) is 0.0586. The predicted octanol–water partition coefficient (Wildman–Crippen LogP) is 4.02. The van der Waals surface area contributed by atoms with Gasteiger partial charge >= 0.3 is 0 Å². The highest BCUT2D eigenvalue weighted by atomic mass is 16.5. The van der Waals surface area contributed by atoms with Crippen LogP contribution in [0, 0.1) is 5.92 Å². The molecule has 0 aliphatic carbocycles. The van der Waals surface area contributed by atoms with E-state index in [0.29, 0.717) is 6.10 Å². The fraction of sp³-hybridized carbons (Fsp3) is 1.00. The van der Waals surface area contributed by atoms with Gasteiger partial charge in [-0.25, -0.2) is 0 Å². The van der Waals surface area contributed by atoms with Crippen LogP contribution in [0.5, 0.6) is 0 Å². The summed E-state index contributed by atoms with van der Waals surface area (Å²) in [6.07, 6.45) is 4.10. The van der Waals surface area contributed by atoms with E-state index in [1.165, 1.54) is 19.3 Å². The summed E-state index contributed by atoms with van der Waals surface area (Å²) in [6, 6.07) is 0. The van der Waals surface area contributed by atoms with Gasteiger partial charge in [0.05, 0.1) is 11.7 Å². The van der Waals surface area contributed by atoms with Gasteiger partial charge in [-0.15, -0.1) is 0 Å². The molecule has 0 rings (SSSR count). The molecule has 0 bridgehead atoms. The lowest BCUT2D eigenvalue weighted by Crippen LogP contribution is -2.27. The Labute approximate surface area is 83.9 Å². The van der Waals surface area contributed by atoms with Gasteiger partial charge in [0, 0.05) is 0 Å². The normalized spacial score (nSPS) is 12.9. The van der Waals surface area contributed by atoms with E-state index in [4.69, 9.17) is 4.74 Å². The molecule has 0 aromatic heterocycles. The zero-order valence-electron chi connectivity index (χ0n) is 10.2. The van der Waals surface area contributed by atoms with Gasteiger partial charge in [-0.2, -0.15) is 0 Å². The lowest BCUT2D eigenvalue weighted by Gasteiger charge is -2.28. The molecule has 1 nitrogen and oxygen atoms in total. The van der Waals surface area contributed by atoms with Crippen molar-refractivity contribution in [3.63, 3.8) is 0 Å². The topological polar surface area (TPSA) is 9.23 Å². The second kappa shape index (κ2) is 5.64. The molecule has 0 N–H and O–H groups in total. The van der Waals surface area contributed by atoms with Crippen molar-refractivity contribution in [1.82, 2.24) is 0 Å². The minimum absolute atomic E-state index is 0.0586. The highest BCUT2D eigenvalue weighted by Crippen LogP contribution is 2.21. The van der Waals surface area contributed by atoms with Crippen molar-refractivity contribution in [2.75, 3.05) is 0 Å². The third kappa shape index (κ3) is 8.29. The molecule has 0 atom stereocenters. The van der Waals surface area contributed by atoms with E-state index in [0.717, 1.165) is 5.92 Å². The van der Waals surface area contributed by atoms with Gasteiger partial charge < -0.3 is 4.74 Å². The third-order valence-electron chi connectivity index (χ3n) is 2.12. The Bertz CT molecular complexity index is 125. The molecule has 0 saturated carbocycles. The van der Waals surface area contributed by atoms with Crippen LogP contribution in [-0.2, 0) is 4.74 Å². The first-order valence-corrected chi connectivity index (χ1v) is 5.51. The van der Waals surface area contributed by atoms with Gasteiger partial charge in [0.15, 0.2) is 0 Å². The smallest absolute Gasteiger partial charge is 0.0630 e. The van der Waals surface area contributed by atoms with Crippen molar-refractivity contribution in [3.05, 3.63) is 0 Å². The second-order valence-electron chi connectivity index (χ2n) is 5.21. The summed E-state index contributed by atoms with van der Waals surface area (Å²) in [7, 11) is 0. The van der Waals surface area contributed by atoms with Crippen molar-refractivity contribution < 1.29 is 4.74 Å². The molecular weight excluding hydrogens is 160 g/mol. The van der Waals surface area contributed by atoms with E-state index >= 15 is 0 Å². The lowest BCUT2D eigenvalue weighted by molar-refractivity contribution is -0.0617. The standard InChI is InChI=1S/C12H26O/c1-10(2)8-7-9-12(5,6)13-11(3)4/h10-11H,7-9H2,1-6H3. The van der Waals surface area contributed by atoms with Gasteiger partial charge in [-0.3, -0.25) is 0 Å². The fourth-order valence-corrected chi connectivity index (χ4v) is 1.63. The maximum atomic E-state index is 5.82. The highest BCUT2D eigenvalue weighted by molar-refractivity contribution is 4.69. The third-order valence-corrected chi connectivity index (χ3v) is 2.12. The van der Waals surface area contributed by atoms with Gasteiger partial charge in [0.25, 0.3) is 0 Å². The van der Waals surface area contributed by atoms with Gasteiger partial charge in [-0.05, 0) is 40.0 Å². The Morgan fingerprint density at radius 3 is 2.00 bits per heavy atom. The van der Waals surface area contributed by atoms with Crippen LogP contribution in [0.2, 0.25) is 0 Å². The lowest BCUT2D eigenvalue weighted by atomic mass is 9.97. The van der Waals surface area contributed by atoms with Crippen LogP contribution in [0.15, 0.2) is 0 Å². The molecule has 80 valence electrons. The van der Waals surface area contributed by atoms with Crippen LogP contribution in [0.1, 0.15) is 60.8 Å². The van der Waals surface area contributed by atoms with Crippen LogP contribution in [0.3, 0.4) is 0 Å². The molecule has 0 aromatic rings. The first-order valence-electron chi connectivity index (χ1n) is 5.51. The SMILES string of the molecule is CC(C)CCCC(C)(C)OC(C)C. The molecule has 0 amide bonds. The Morgan fingerprint density at radius 1 is 1.08 bits per heavy atom. The maximum absolute atomic E-state index is 5.82. The predicted molar refractivity (Wildman–Crippen MR) is 59.0 cm³/mol. The molecule has 0 radical (unpaired) electrons. The highest BCUT2D eigenvalue weighted by Gasteiger charge is 2.19. The molecule has 0 aliphatic rings. The number of hydrogen-bond acceptors (Lipinski definition) is 1. The molecule has 0 heterocycles. The molecule has 0 spiro atoms. The number of rotatable bonds is 6. The monoisotopic (exact) mass is 186 g/mol. The van der Waals surface area contributed by atoms with E-state index < -0.39 is 0 Å². The maximum Gasteiger partial charge on any atom is 0.0630 e. The summed E-state index contributed by atoms with van der Waals surface area (Å²) < 4.78 is 5.82. The number of hydrogen-bond donors (Lipinski definition) is 0. The van der Waals surface area contributed by atoms with Crippen LogP contribution in [0.4, 0.5) is 0 Å². The zero-order chi connectivity index (χ0) is 10.5. The zero-order valence-corrected chi connectivity index (χ0v) is 10.2. The molecule has 0 aliphatic heterocycles. The second-order valence-corrected chi connectivity index (χ2v) is 5.21. The Kier molecular flexibility index (Phi) is 5.62. The summed E-state index contributed by atoms with van der Waals surface area (Å²) in [5, 5.41) is 0. The molecule has 13 heavy (non-hydrogen) atoms. The summed E-state index contributed by atoms with van der Waals surface area (Å²) in [4.78, 5) is 0. The summed E-state index contributed by atoms with van der Waals surface area (Å²) in [6.45, 7) is 13.1. The molecule has 0 unspecified atom stereocenters. The first-order chi connectivity index (χ1) is 5.83. The van der Waals surface area contributed by atoms with E-state index in [-0.39, 0.29) is 5.60 Å². The van der Waals surface area contributed by atoms with Crippen molar-refractivity contribution in [2.45, 2.75) is 72.5 Å². The largest absolute Gasteiger partial charge is 0.373 e.